The first-order valence-electron chi connectivity index (χ1n) is 9.42. The van der Waals surface area contributed by atoms with E-state index in [-0.39, 0.29) is 12.0 Å². The second kappa shape index (κ2) is 8.19. The van der Waals surface area contributed by atoms with Crippen molar-refractivity contribution in [2.45, 2.75) is 38.9 Å². The molecule has 0 N–H and O–H groups in total. The average Bonchev–Trinajstić information content (AvgIpc) is 2.66. The molecule has 0 saturated carbocycles. The lowest BCUT2D eigenvalue weighted by Gasteiger charge is -2.31. The number of rotatable bonds is 4. The molecule has 0 spiro atoms. The highest BCUT2D eigenvalue weighted by molar-refractivity contribution is 5.70. The molecule has 0 saturated heterocycles. The lowest BCUT2D eigenvalue weighted by molar-refractivity contribution is 0.0240. The summed E-state index contributed by atoms with van der Waals surface area (Å²) in [5, 5.41) is 0. The molecule has 6 nitrogen and oxygen atoms in total. The first-order valence-corrected chi connectivity index (χ1v) is 9.42. The van der Waals surface area contributed by atoms with Crippen LogP contribution in [0.3, 0.4) is 0 Å². The SMILES string of the molecule is COc1cc(-c2cccc3c2COC[C@@H]3CN(C)C(=O)OC(C)(C)C)ccn1. The van der Waals surface area contributed by atoms with Gasteiger partial charge in [-0.3, -0.25) is 0 Å². The van der Waals surface area contributed by atoms with Crippen molar-refractivity contribution in [1.29, 1.82) is 0 Å². The molecular formula is C22H28N2O4. The van der Waals surface area contributed by atoms with E-state index in [4.69, 9.17) is 14.2 Å². The van der Waals surface area contributed by atoms with Crippen molar-refractivity contribution in [3.8, 4) is 17.0 Å². The number of nitrogens with zero attached hydrogens (tertiary/aromatic N) is 2. The van der Waals surface area contributed by atoms with E-state index < -0.39 is 5.60 Å². The molecule has 2 heterocycles. The maximum absolute atomic E-state index is 12.3. The third kappa shape index (κ3) is 4.62. The van der Waals surface area contributed by atoms with E-state index in [9.17, 15) is 4.79 Å². The highest BCUT2D eigenvalue weighted by Crippen LogP contribution is 2.35. The summed E-state index contributed by atoms with van der Waals surface area (Å²) in [6, 6.07) is 10.1. The summed E-state index contributed by atoms with van der Waals surface area (Å²) in [6.07, 6.45) is 1.42. The minimum atomic E-state index is -0.514. The van der Waals surface area contributed by atoms with E-state index in [0.29, 0.717) is 25.6 Å². The van der Waals surface area contributed by atoms with Gasteiger partial charge in [-0.1, -0.05) is 18.2 Å². The molecule has 0 aliphatic carbocycles. The number of benzene rings is 1. The summed E-state index contributed by atoms with van der Waals surface area (Å²) in [4.78, 5) is 18.2. The molecule has 2 aromatic rings. The molecular weight excluding hydrogens is 356 g/mol. The van der Waals surface area contributed by atoms with Gasteiger partial charge < -0.3 is 19.1 Å². The molecule has 1 atom stereocenters. The first kappa shape index (κ1) is 20.1. The summed E-state index contributed by atoms with van der Waals surface area (Å²) in [7, 11) is 3.37. The third-order valence-corrected chi connectivity index (χ3v) is 4.67. The summed E-state index contributed by atoms with van der Waals surface area (Å²) in [6.45, 7) is 7.25. The zero-order chi connectivity index (χ0) is 20.3. The zero-order valence-corrected chi connectivity index (χ0v) is 17.2. The number of amides is 1. The Hall–Kier alpha value is -2.60. The second-order valence-corrected chi connectivity index (χ2v) is 8.03. The number of likely N-dealkylation sites (N-methyl/N-ethyl adjacent to an activating group) is 1. The second-order valence-electron chi connectivity index (χ2n) is 8.03. The molecule has 1 aliphatic rings. The number of hydrogen-bond donors (Lipinski definition) is 0. The van der Waals surface area contributed by atoms with Crippen LogP contribution in [0.4, 0.5) is 4.79 Å². The Kier molecular flexibility index (Phi) is 5.89. The predicted molar refractivity (Wildman–Crippen MR) is 107 cm³/mol. The molecule has 6 heteroatoms. The van der Waals surface area contributed by atoms with Crippen LogP contribution in [-0.4, -0.2) is 48.9 Å². The van der Waals surface area contributed by atoms with E-state index >= 15 is 0 Å². The van der Waals surface area contributed by atoms with Crippen LogP contribution in [0.5, 0.6) is 5.88 Å². The Labute approximate surface area is 166 Å². The van der Waals surface area contributed by atoms with Gasteiger partial charge in [0.05, 0.1) is 20.3 Å². The molecule has 0 unspecified atom stereocenters. The van der Waals surface area contributed by atoms with Crippen LogP contribution in [0.15, 0.2) is 36.5 Å². The number of hydrogen-bond acceptors (Lipinski definition) is 5. The van der Waals surface area contributed by atoms with E-state index in [0.717, 1.165) is 16.7 Å². The van der Waals surface area contributed by atoms with Crippen molar-refractivity contribution in [1.82, 2.24) is 9.88 Å². The number of fused-ring (bicyclic) bond motifs is 1. The average molecular weight is 384 g/mol. The molecule has 150 valence electrons. The molecule has 1 aliphatic heterocycles. The van der Waals surface area contributed by atoms with Crippen LogP contribution in [0, 0.1) is 0 Å². The molecule has 1 aromatic carbocycles. The van der Waals surface area contributed by atoms with Gasteiger partial charge in [0.15, 0.2) is 0 Å². The van der Waals surface area contributed by atoms with Crippen LogP contribution in [0.1, 0.15) is 37.8 Å². The maximum Gasteiger partial charge on any atom is 0.410 e. The fourth-order valence-electron chi connectivity index (χ4n) is 3.40. The Morgan fingerprint density at radius 2 is 2.11 bits per heavy atom. The quantitative estimate of drug-likeness (QED) is 0.789. The first-order chi connectivity index (χ1) is 13.3. The maximum atomic E-state index is 12.3. The van der Waals surface area contributed by atoms with Crippen molar-refractivity contribution < 1.29 is 19.0 Å². The van der Waals surface area contributed by atoms with E-state index in [1.54, 1.807) is 25.3 Å². The predicted octanol–water partition coefficient (Wildman–Crippen LogP) is 4.24. The molecule has 3 rings (SSSR count). The summed E-state index contributed by atoms with van der Waals surface area (Å²) in [5.41, 5.74) is 3.97. The van der Waals surface area contributed by atoms with Crippen molar-refractivity contribution in [3.63, 3.8) is 0 Å². The van der Waals surface area contributed by atoms with Crippen molar-refractivity contribution in [3.05, 3.63) is 47.7 Å². The molecule has 0 bridgehead atoms. The van der Waals surface area contributed by atoms with Gasteiger partial charge in [0.1, 0.15) is 5.60 Å². The van der Waals surface area contributed by atoms with Gasteiger partial charge >= 0.3 is 6.09 Å². The van der Waals surface area contributed by atoms with Crippen LogP contribution in [-0.2, 0) is 16.1 Å². The number of carbonyl (C=O) groups excluding carboxylic acids is 1. The fraction of sp³-hybridized carbons (Fsp3) is 0.455. The smallest absolute Gasteiger partial charge is 0.410 e. The monoisotopic (exact) mass is 384 g/mol. The van der Waals surface area contributed by atoms with Gasteiger partial charge in [-0.15, -0.1) is 0 Å². The summed E-state index contributed by atoms with van der Waals surface area (Å²) in [5.74, 6) is 0.665. The molecule has 1 amide bonds. The number of carbonyl (C=O) groups is 1. The molecule has 1 aromatic heterocycles. The van der Waals surface area contributed by atoms with Gasteiger partial charge in [-0.05, 0) is 49.1 Å². The topological polar surface area (TPSA) is 60.9 Å². The number of aromatic nitrogens is 1. The Bertz CT molecular complexity index is 845. The zero-order valence-electron chi connectivity index (χ0n) is 17.2. The minimum absolute atomic E-state index is 0.0879. The van der Waals surface area contributed by atoms with E-state index in [1.165, 1.54) is 5.56 Å². The fourth-order valence-corrected chi connectivity index (χ4v) is 3.40. The third-order valence-electron chi connectivity index (χ3n) is 4.67. The van der Waals surface area contributed by atoms with E-state index in [1.807, 2.05) is 39.0 Å². The van der Waals surface area contributed by atoms with Gasteiger partial charge in [0, 0.05) is 31.8 Å². The van der Waals surface area contributed by atoms with Crippen LogP contribution in [0.25, 0.3) is 11.1 Å². The Morgan fingerprint density at radius 3 is 2.82 bits per heavy atom. The van der Waals surface area contributed by atoms with Crippen molar-refractivity contribution in [2.24, 2.45) is 0 Å². The van der Waals surface area contributed by atoms with Crippen molar-refractivity contribution >= 4 is 6.09 Å². The van der Waals surface area contributed by atoms with E-state index in [2.05, 4.69) is 17.1 Å². The van der Waals surface area contributed by atoms with Gasteiger partial charge in [0.2, 0.25) is 5.88 Å². The molecule has 0 radical (unpaired) electrons. The van der Waals surface area contributed by atoms with Crippen LogP contribution < -0.4 is 4.74 Å². The lowest BCUT2D eigenvalue weighted by Crippen LogP contribution is -2.38. The summed E-state index contributed by atoms with van der Waals surface area (Å²) >= 11 is 0. The number of pyridine rings is 1. The normalized spacial score (nSPS) is 16.2. The summed E-state index contributed by atoms with van der Waals surface area (Å²) < 4.78 is 16.6. The molecule has 0 fully saturated rings. The molecule has 28 heavy (non-hydrogen) atoms. The standard InChI is InChI=1S/C22H28N2O4/c1-22(2,3)28-21(25)24(4)12-16-13-27-14-19-17(7-6-8-18(16)19)15-9-10-23-20(11-15)26-5/h6-11,16H,12-14H2,1-5H3/t16-/m0/s1. The minimum Gasteiger partial charge on any atom is -0.481 e. The Morgan fingerprint density at radius 1 is 1.32 bits per heavy atom. The van der Waals surface area contributed by atoms with Crippen molar-refractivity contribution in [2.75, 3.05) is 27.3 Å². The van der Waals surface area contributed by atoms with Gasteiger partial charge in [-0.2, -0.15) is 0 Å². The number of ether oxygens (including phenoxy) is 3. The largest absolute Gasteiger partial charge is 0.481 e. The van der Waals surface area contributed by atoms with Gasteiger partial charge in [-0.25, -0.2) is 9.78 Å². The van der Waals surface area contributed by atoms with Crippen LogP contribution >= 0.6 is 0 Å². The number of methoxy groups -OCH3 is 1. The van der Waals surface area contributed by atoms with Gasteiger partial charge in [0.25, 0.3) is 0 Å². The highest BCUT2D eigenvalue weighted by Gasteiger charge is 2.27. The Balaban J connectivity index is 1.85. The highest BCUT2D eigenvalue weighted by atomic mass is 16.6. The van der Waals surface area contributed by atoms with Crippen LogP contribution in [0.2, 0.25) is 0 Å². The lowest BCUT2D eigenvalue weighted by atomic mass is 9.87.